The fraction of sp³-hybridized carbons (Fsp3) is 0.933. The Morgan fingerprint density at radius 3 is 2.58 bits per heavy atom. The summed E-state index contributed by atoms with van der Waals surface area (Å²) in [5.74, 6) is 0.808. The lowest BCUT2D eigenvalue weighted by atomic mass is 9.79. The fourth-order valence-corrected chi connectivity index (χ4v) is 3.22. The fourth-order valence-electron chi connectivity index (χ4n) is 3.22. The summed E-state index contributed by atoms with van der Waals surface area (Å²) >= 11 is 0. The summed E-state index contributed by atoms with van der Waals surface area (Å²) in [5, 5.41) is 3.49. The summed E-state index contributed by atoms with van der Waals surface area (Å²) in [4.78, 5) is 14.6. The van der Waals surface area contributed by atoms with Crippen molar-refractivity contribution in [3.63, 3.8) is 0 Å². The average molecular weight is 268 g/mol. The highest BCUT2D eigenvalue weighted by Gasteiger charge is 2.45. The molecule has 0 spiro atoms. The van der Waals surface area contributed by atoms with Gasteiger partial charge >= 0.3 is 0 Å². The van der Waals surface area contributed by atoms with E-state index >= 15 is 0 Å². The molecule has 2 fully saturated rings. The van der Waals surface area contributed by atoms with Crippen LogP contribution in [0.4, 0.5) is 0 Å². The van der Waals surface area contributed by atoms with Crippen LogP contribution in [0.3, 0.4) is 0 Å². The zero-order chi connectivity index (χ0) is 14.0. The molecule has 2 aliphatic rings. The lowest BCUT2D eigenvalue weighted by Gasteiger charge is -2.44. The molecule has 110 valence electrons. The summed E-state index contributed by atoms with van der Waals surface area (Å²) in [7, 11) is 1.78. The maximum atomic E-state index is 12.6. The third-order valence-electron chi connectivity index (χ3n) is 4.60. The van der Waals surface area contributed by atoms with Gasteiger partial charge in [0.25, 0.3) is 0 Å². The summed E-state index contributed by atoms with van der Waals surface area (Å²) < 4.78 is 5.67. The second-order valence-electron chi connectivity index (χ2n) is 6.48. The maximum absolute atomic E-state index is 12.6. The molecular weight excluding hydrogens is 240 g/mol. The normalized spacial score (nSPS) is 29.9. The Morgan fingerprint density at radius 1 is 1.47 bits per heavy atom. The lowest BCUT2D eigenvalue weighted by molar-refractivity contribution is -0.140. The van der Waals surface area contributed by atoms with Gasteiger partial charge in [-0.25, -0.2) is 0 Å². The highest BCUT2D eigenvalue weighted by molar-refractivity contribution is 5.84. The predicted octanol–water partition coefficient (Wildman–Crippen LogP) is 2.14. The van der Waals surface area contributed by atoms with E-state index < -0.39 is 0 Å². The van der Waals surface area contributed by atoms with Gasteiger partial charge in [0.05, 0.1) is 24.4 Å². The van der Waals surface area contributed by atoms with E-state index in [-0.39, 0.29) is 23.7 Å². The molecule has 0 aromatic heterocycles. The van der Waals surface area contributed by atoms with Crippen LogP contribution in [-0.2, 0) is 9.53 Å². The van der Waals surface area contributed by atoms with Crippen LogP contribution in [0.1, 0.15) is 52.9 Å². The minimum absolute atomic E-state index is 0.000988. The zero-order valence-corrected chi connectivity index (χ0v) is 12.7. The van der Waals surface area contributed by atoms with E-state index in [1.54, 1.807) is 7.11 Å². The molecule has 4 heteroatoms. The van der Waals surface area contributed by atoms with Crippen molar-refractivity contribution in [3.8, 4) is 0 Å². The van der Waals surface area contributed by atoms with Gasteiger partial charge in [-0.1, -0.05) is 20.8 Å². The Labute approximate surface area is 116 Å². The number of rotatable bonds is 6. The first-order chi connectivity index (χ1) is 9.01. The van der Waals surface area contributed by atoms with E-state index in [4.69, 9.17) is 4.74 Å². The van der Waals surface area contributed by atoms with Crippen LogP contribution >= 0.6 is 0 Å². The smallest absolute Gasteiger partial charge is 0.241 e. The largest absolute Gasteiger partial charge is 0.376 e. The Kier molecular flexibility index (Phi) is 4.51. The predicted molar refractivity (Wildman–Crippen MR) is 75.8 cm³/mol. The molecule has 0 aromatic rings. The van der Waals surface area contributed by atoms with E-state index in [1.807, 2.05) is 4.90 Å². The van der Waals surface area contributed by atoms with Gasteiger partial charge in [0, 0.05) is 7.11 Å². The molecule has 2 unspecified atom stereocenters. The number of ether oxygens (including phenoxy) is 1. The molecule has 0 bridgehead atoms. The highest BCUT2D eigenvalue weighted by Crippen LogP contribution is 2.37. The van der Waals surface area contributed by atoms with Gasteiger partial charge in [-0.2, -0.15) is 0 Å². The molecule has 1 N–H and O–H groups in total. The summed E-state index contributed by atoms with van der Waals surface area (Å²) in [6.07, 6.45) is 5.45. The molecule has 1 saturated heterocycles. The Bertz CT molecular complexity index is 321. The number of nitrogens with one attached hydrogen (secondary N) is 1. The summed E-state index contributed by atoms with van der Waals surface area (Å²) in [5.41, 5.74) is -0.0719. The molecule has 1 saturated carbocycles. The molecule has 0 aromatic carbocycles. The first kappa shape index (κ1) is 14.8. The number of hydrogen-bond donors (Lipinski definition) is 1. The van der Waals surface area contributed by atoms with Crippen molar-refractivity contribution >= 4 is 5.91 Å². The number of carbonyl (C=O) groups is 1. The second-order valence-corrected chi connectivity index (χ2v) is 6.48. The van der Waals surface area contributed by atoms with Gasteiger partial charge in [0.1, 0.15) is 0 Å². The summed E-state index contributed by atoms with van der Waals surface area (Å²) in [6.45, 7) is 7.22. The second kappa shape index (κ2) is 5.80. The summed E-state index contributed by atoms with van der Waals surface area (Å²) in [6, 6.07) is -0.000988. The molecular formula is C15H28N2O2. The molecule has 1 aliphatic heterocycles. The minimum atomic E-state index is -0.0719. The number of nitrogens with zero attached hydrogens (tertiary/aromatic N) is 1. The SMILES string of the molecule is CCC1NC(CC(C)C)C(=O)N1CC1(OC)CCC1. The topological polar surface area (TPSA) is 41.6 Å². The molecule has 1 aliphatic carbocycles. The number of hydrogen-bond acceptors (Lipinski definition) is 3. The van der Waals surface area contributed by atoms with Crippen LogP contribution in [0, 0.1) is 5.92 Å². The van der Waals surface area contributed by atoms with Gasteiger partial charge in [0.2, 0.25) is 5.91 Å². The Balaban J connectivity index is 2.03. The monoisotopic (exact) mass is 268 g/mol. The third-order valence-corrected chi connectivity index (χ3v) is 4.60. The van der Waals surface area contributed by atoms with Gasteiger partial charge in [0.15, 0.2) is 0 Å². The van der Waals surface area contributed by atoms with Crippen molar-refractivity contribution < 1.29 is 9.53 Å². The van der Waals surface area contributed by atoms with E-state index in [0.29, 0.717) is 5.92 Å². The van der Waals surface area contributed by atoms with Gasteiger partial charge in [-0.3, -0.25) is 10.1 Å². The quantitative estimate of drug-likeness (QED) is 0.802. The van der Waals surface area contributed by atoms with Crippen molar-refractivity contribution in [3.05, 3.63) is 0 Å². The lowest BCUT2D eigenvalue weighted by Crippen LogP contribution is -2.52. The van der Waals surface area contributed by atoms with E-state index in [2.05, 4.69) is 26.1 Å². The van der Waals surface area contributed by atoms with Crippen LogP contribution in [0.15, 0.2) is 0 Å². The van der Waals surface area contributed by atoms with Crippen LogP contribution in [0.25, 0.3) is 0 Å². The molecule has 1 amide bonds. The molecule has 2 atom stereocenters. The van der Waals surface area contributed by atoms with E-state index in [1.165, 1.54) is 6.42 Å². The van der Waals surface area contributed by atoms with Crippen LogP contribution in [-0.4, -0.2) is 42.3 Å². The van der Waals surface area contributed by atoms with Gasteiger partial charge in [-0.05, 0) is 38.0 Å². The van der Waals surface area contributed by atoms with Gasteiger partial charge < -0.3 is 9.64 Å². The van der Waals surface area contributed by atoms with Crippen molar-refractivity contribution in [1.29, 1.82) is 0 Å². The number of methoxy groups -OCH3 is 1. The molecule has 0 radical (unpaired) electrons. The van der Waals surface area contributed by atoms with Crippen LogP contribution < -0.4 is 5.32 Å². The van der Waals surface area contributed by atoms with Crippen molar-refractivity contribution in [2.24, 2.45) is 5.92 Å². The average Bonchev–Trinajstić information content (AvgIpc) is 2.60. The third kappa shape index (κ3) is 2.95. The van der Waals surface area contributed by atoms with E-state index in [9.17, 15) is 4.79 Å². The molecule has 1 heterocycles. The molecule has 19 heavy (non-hydrogen) atoms. The van der Waals surface area contributed by atoms with Crippen molar-refractivity contribution in [1.82, 2.24) is 10.2 Å². The number of carbonyl (C=O) groups excluding carboxylic acids is 1. The van der Waals surface area contributed by atoms with Crippen molar-refractivity contribution in [2.75, 3.05) is 13.7 Å². The maximum Gasteiger partial charge on any atom is 0.241 e. The standard InChI is InChI=1S/C15H28N2O2/c1-5-13-16-12(9-11(2)3)14(18)17(13)10-15(19-4)7-6-8-15/h11-13,16H,5-10H2,1-4H3. The van der Waals surface area contributed by atoms with E-state index in [0.717, 1.165) is 32.2 Å². The first-order valence-electron chi connectivity index (χ1n) is 7.63. The van der Waals surface area contributed by atoms with Crippen molar-refractivity contribution in [2.45, 2.75) is 70.7 Å². The Hall–Kier alpha value is -0.610. The first-order valence-corrected chi connectivity index (χ1v) is 7.63. The van der Waals surface area contributed by atoms with Crippen LogP contribution in [0.2, 0.25) is 0 Å². The number of amides is 1. The minimum Gasteiger partial charge on any atom is -0.376 e. The van der Waals surface area contributed by atoms with Gasteiger partial charge in [-0.15, -0.1) is 0 Å². The zero-order valence-electron chi connectivity index (χ0n) is 12.7. The molecule has 4 nitrogen and oxygen atoms in total. The highest BCUT2D eigenvalue weighted by atomic mass is 16.5. The molecule has 2 rings (SSSR count). The Morgan fingerprint density at radius 2 is 2.16 bits per heavy atom. The van der Waals surface area contributed by atoms with Crippen LogP contribution in [0.5, 0.6) is 0 Å².